The number of alkyl halides is 6. The summed E-state index contributed by atoms with van der Waals surface area (Å²) in [4.78, 5) is 28.2. The Labute approximate surface area is 335 Å². The van der Waals surface area contributed by atoms with Gasteiger partial charge in [0.1, 0.15) is 0 Å². The number of carbonyl (C=O) groups is 2. The molecular weight excluding hydrogens is 801 g/mol. The lowest BCUT2D eigenvalue weighted by Crippen LogP contribution is -2.39. The van der Waals surface area contributed by atoms with Crippen molar-refractivity contribution in [1.29, 1.82) is 5.26 Å². The van der Waals surface area contributed by atoms with Gasteiger partial charge in [-0.2, -0.15) is 31.6 Å². The lowest BCUT2D eigenvalue weighted by molar-refractivity contribution is -0.259. The van der Waals surface area contributed by atoms with Crippen molar-refractivity contribution < 1.29 is 51.3 Å². The van der Waals surface area contributed by atoms with Crippen LogP contribution in [0.3, 0.4) is 0 Å². The first-order valence-electron chi connectivity index (χ1n) is 16.7. The van der Waals surface area contributed by atoms with Crippen LogP contribution in [0.25, 0.3) is 4.85 Å². The van der Waals surface area contributed by atoms with Gasteiger partial charge in [0, 0.05) is 23.3 Å². The molecule has 0 fully saturated rings. The fraction of sp³-hybridized carbons (Fsp3) is 0.300. The Balaban J connectivity index is 0.000000326. The third-order valence-electron chi connectivity index (χ3n) is 8.09. The number of anilines is 2. The minimum Gasteiger partial charge on any atom is -0.478 e. The minimum atomic E-state index is -4.85. The molecule has 0 radical (unpaired) electrons. The van der Waals surface area contributed by atoms with Crippen LogP contribution in [0.15, 0.2) is 84.9 Å². The predicted molar refractivity (Wildman–Crippen MR) is 206 cm³/mol. The van der Waals surface area contributed by atoms with Gasteiger partial charge in [-0.1, -0.05) is 59.6 Å². The van der Waals surface area contributed by atoms with Crippen LogP contribution < -0.4 is 10.2 Å². The maximum Gasteiger partial charge on any atom is 0.421 e. The van der Waals surface area contributed by atoms with Crippen molar-refractivity contribution in [3.05, 3.63) is 134 Å². The molecule has 0 aliphatic heterocycles. The van der Waals surface area contributed by atoms with Crippen LogP contribution in [0.1, 0.15) is 78.9 Å². The van der Waals surface area contributed by atoms with Gasteiger partial charge < -0.3 is 25.5 Å². The molecule has 1 amide bonds. The molecule has 2 unspecified atom stereocenters. The number of nitrogens with zero attached hydrogens (tertiary/aromatic N) is 3. The number of carboxylic acid groups (broad SMARTS) is 1. The number of aliphatic hydroxyl groups is 2. The number of hydrogen-bond acceptors (Lipinski definition) is 6. The zero-order valence-corrected chi connectivity index (χ0v) is 32.8. The Kier molecular flexibility index (Phi) is 16.1. The largest absolute Gasteiger partial charge is 0.478 e. The monoisotopic (exact) mass is 838 g/mol. The van der Waals surface area contributed by atoms with Gasteiger partial charge in [-0.3, -0.25) is 4.79 Å². The SMILES string of the molecule is CC(C)N(C(=O)c1ccc(C(C)(O)C(F)(F)F)cc1)c1cc(C#N)ccc1Cl.CC(O)(c1ccc(C(=O)O)cc1)C(F)(F)F.[C-]#[N+]c1ccc(Cl)c(NC(C)C)c1. The van der Waals surface area contributed by atoms with Crippen molar-refractivity contribution in [1.82, 2.24) is 0 Å². The van der Waals surface area contributed by atoms with Crippen molar-refractivity contribution >= 4 is 52.1 Å². The van der Waals surface area contributed by atoms with Gasteiger partial charge in [0.15, 0.2) is 16.9 Å². The number of carboxylic acids is 1. The van der Waals surface area contributed by atoms with Crippen LogP contribution >= 0.6 is 23.2 Å². The van der Waals surface area contributed by atoms with Gasteiger partial charge in [-0.05, 0) is 101 Å². The lowest BCUT2D eigenvalue weighted by atomic mass is 9.94. The molecule has 0 saturated heterocycles. The van der Waals surface area contributed by atoms with E-state index in [4.69, 9.17) is 40.1 Å². The molecule has 0 aliphatic carbocycles. The summed E-state index contributed by atoms with van der Waals surface area (Å²) in [5.74, 6) is -1.73. The molecule has 4 rings (SSSR count). The van der Waals surface area contributed by atoms with Crippen molar-refractivity contribution in [3.63, 3.8) is 0 Å². The molecular formula is C40H38Cl2F6N4O5. The van der Waals surface area contributed by atoms with Crippen molar-refractivity contribution in [3.8, 4) is 6.07 Å². The standard InChI is InChI=1S/C20H18ClF3N2O2.C10H11ClN2.C10H9F3O3/c1-12(2)26(17-10-13(11-25)4-9-16(17)21)18(27)14-5-7-15(8-6-14)19(3,28)20(22,23)24;1-7(2)13-10-6-8(12-3)4-5-9(10)11;1-9(16,10(11,12)13)7-4-2-6(3-5-7)8(14)15/h4-10,12,28H,1-3H3;4-7,13H,1-2H3;2-5,16H,1H3,(H,14,15). The molecule has 0 aromatic heterocycles. The van der Waals surface area contributed by atoms with Gasteiger partial charge >= 0.3 is 18.3 Å². The molecule has 0 aliphatic rings. The second-order valence-electron chi connectivity index (χ2n) is 13.2. The van der Waals surface area contributed by atoms with Crippen LogP contribution in [0.2, 0.25) is 10.0 Å². The third kappa shape index (κ3) is 12.3. The summed E-state index contributed by atoms with van der Waals surface area (Å²) in [7, 11) is 0. The summed E-state index contributed by atoms with van der Waals surface area (Å²) in [5, 5.41) is 40.8. The van der Waals surface area contributed by atoms with Crippen molar-refractivity contribution in [2.75, 3.05) is 10.2 Å². The van der Waals surface area contributed by atoms with E-state index in [0.717, 1.165) is 42.1 Å². The van der Waals surface area contributed by atoms with E-state index in [0.29, 0.717) is 41.9 Å². The highest BCUT2D eigenvalue weighted by Gasteiger charge is 2.52. The van der Waals surface area contributed by atoms with Gasteiger partial charge in [-0.15, -0.1) is 0 Å². The Hall–Kier alpha value is -5.32. The van der Waals surface area contributed by atoms with Crippen LogP contribution in [-0.2, 0) is 11.2 Å². The maximum atomic E-state index is 13.0. The molecule has 0 saturated carbocycles. The molecule has 0 heterocycles. The highest BCUT2D eigenvalue weighted by Crippen LogP contribution is 2.40. The van der Waals surface area contributed by atoms with Crippen molar-refractivity contribution in [2.45, 2.75) is 77.2 Å². The van der Waals surface area contributed by atoms with E-state index in [1.165, 1.54) is 35.2 Å². The Morgan fingerprint density at radius 3 is 1.61 bits per heavy atom. The van der Waals surface area contributed by atoms with Crippen LogP contribution in [0.4, 0.5) is 43.4 Å². The molecule has 57 heavy (non-hydrogen) atoms. The molecule has 0 bridgehead atoms. The smallest absolute Gasteiger partial charge is 0.421 e. The van der Waals surface area contributed by atoms with Crippen LogP contribution in [0, 0.1) is 17.9 Å². The normalized spacial score (nSPS) is 13.3. The van der Waals surface area contributed by atoms with E-state index in [1.807, 2.05) is 19.9 Å². The summed E-state index contributed by atoms with van der Waals surface area (Å²) in [5.41, 5.74) is -4.74. The zero-order chi connectivity index (χ0) is 43.7. The highest BCUT2D eigenvalue weighted by molar-refractivity contribution is 6.34. The van der Waals surface area contributed by atoms with Gasteiger partial charge in [0.25, 0.3) is 5.91 Å². The molecule has 17 heteroatoms. The lowest BCUT2D eigenvalue weighted by Gasteiger charge is -2.29. The van der Waals surface area contributed by atoms with E-state index >= 15 is 0 Å². The highest BCUT2D eigenvalue weighted by atomic mass is 35.5. The number of benzene rings is 4. The Bertz CT molecular complexity index is 2110. The summed E-state index contributed by atoms with van der Waals surface area (Å²) < 4.78 is 76.2. The number of amides is 1. The maximum absolute atomic E-state index is 13.0. The summed E-state index contributed by atoms with van der Waals surface area (Å²) in [6.45, 7) is 15.7. The molecule has 9 nitrogen and oxygen atoms in total. The van der Waals surface area contributed by atoms with Crippen LogP contribution in [-0.4, -0.2) is 51.6 Å². The average molecular weight is 840 g/mol. The Morgan fingerprint density at radius 1 is 0.772 bits per heavy atom. The first-order valence-corrected chi connectivity index (χ1v) is 17.4. The second kappa shape index (κ2) is 19.2. The van der Waals surface area contributed by atoms with Gasteiger partial charge in [0.05, 0.1) is 39.5 Å². The molecule has 4 N–H and O–H groups in total. The number of carbonyl (C=O) groups excluding carboxylic acids is 1. The van der Waals surface area contributed by atoms with Crippen molar-refractivity contribution in [2.24, 2.45) is 0 Å². The van der Waals surface area contributed by atoms with E-state index in [9.17, 15) is 46.1 Å². The molecule has 304 valence electrons. The number of nitrogens with one attached hydrogen (secondary N) is 1. The quantitative estimate of drug-likeness (QED) is 0.102. The Morgan fingerprint density at radius 2 is 1.23 bits per heavy atom. The summed E-state index contributed by atoms with van der Waals surface area (Å²) >= 11 is 12.1. The topological polar surface area (TPSA) is 138 Å². The first kappa shape index (κ1) is 47.8. The molecule has 2 atom stereocenters. The van der Waals surface area contributed by atoms with E-state index in [1.54, 1.807) is 32.0 Å². The fourth-order valence-corrected chi connectivity index (χ4v) is 5.12. The summed E-state index contributed by atoms with van der Waals surface area (Å²) in [6.07, 6.45) is -9.66. The fourth-order valence-electron chi connectivity index (χ4n) is 4.73. The number of aromatic carboxylic acids is 1. The minimum absolute atomic E-state index is 0.119. The predicted octanol–water partition coefficient (Wildman–Crippen LogP) is 10.9. The van der Waals surface area contributed by atoms with Gasteiger partial charge in [-0.25, -0.2) is 9.64 Å². The van der Waals surface area contributed by atoms with Gasteiger partial charge in [0.2, 0.25) is 0 Å². The third-order valence-corrected chi connectivity index (χ3v) is 8.73. The first-order chi connectivity index (χ1) is 26.2. The number of halogens is 8. The molecule has 4 aromatic rings. The summed E-state index contributed by atoms with van der Waals surface area (Å²) in [6, 6.07) is 20.1. The van der Waals surface area contributed by atoms with E-state index in [2.05, 4.69) is 10.2 Å². The average Bonchev–Trinajstić information content (AvgIpc) is 3.12. The molecule has 4 aromatic carbocycles. The van der Waals surface area contributed by atoms with E-state index in [-0.39, 0.29) is 27.8 Å². The molecule has 0 spiro atoms. The van der Waals surface area contributed by atoms with Crippen LogP contribution in [0.5, 0.6) is 0 Å². The zero-order valence-electron chi connectivity index (χ0n) is 31.3. The second-order valence-corrected chi connectivity index (χ2v) is 14.0. The number of nitriles is 1. The van der Waals surface area contributed by atoms with E-state index < -0.39 is 41.0 Å². The number of hydrogen-bond donors (Lipinski definition) is 4. The number of rotatable bonds is 8.